The second kappa shape index (κ2) is 9.78. The number of hydrogen-bond acceptors (Lipinski definition) is 7. The minimum atomic E-state index is -1.25. The van der Waals surface area contributed by atoms with Gasteiger partial charge in [0.1, 0.15) is 12.6 Å². The molecule has 0 heterocycles. The Kier molecular flexibility index (Phi) is 7.41. The fraction of sp³-hybridized carbons (Fsp3) is 0.318. The summed E-state index contributed by atoms with van der Waals surface area (Å²) in [5.74, 6) is -2.40. The summed E-state index contributed by atoms with van der Waals surface area (Å²) in [6, 6.07) is 11.7. The van der Waals surface area contributed by atoms with Gasteiger partial charge in [0, 0.05) is 6.42 Å². The summed E-state index contributed by atoms with van der Waals surface area (Å²) >= 11 is 0. The van der Waals surface area contributed by atoms with Crippen LogP contribution < -0.4 is 5.32 Å². The maximum atomic E-state index is 12.5. The third-order valence-electron chi connectivity index (χ3n) is 4.07. The average Bonchev–Trinajstić information content (AvgIpc) is 2.68. The van der Waals surface area contributed by atoms with Crippen molar-refractivity contribution in [2.75, 3.05) is 0 Å². The fourth-order valence-electron chi connectivity index (χ4n) is 2.35. The van der Waals surface area contributed by atoms with E-state index in [0.29, 0.717) is 5.56 Å². The van der Waals surface area contributed by atoms with E-state index in [1.807, 2.05) is 6.07 Å². The van der Waals surface area contributed by atoms with Gasteiger partial charge in [0.05, 0.1) is 5.41 Å². The second-order valence-electron chi connectivity index (χ2n) is 7.74. The van der Waals surface area contributed by atoms with Crippen molar-refractivity contribution >= 4 is 18.0 Å². The Morgan fingerprint density at radius 2 is 1.63 bits per heavy atom. The number of amides is 1. The number of phenolic OH excluding ortho intramolecular Hbond substituents is 2. The van der Waals surface area contributed by atoms with Crippen LogP contribution in [0.15, 0.2) is 48.5 Å². The van der Waals surface area contributed by atoms with Gasteiger partial charge in [-0.15, -0.1) is 0 Å². The van der Waals surface area contributed by atoms with E-state index in [1.165, 1.54) is 18.2 Å². The maximum absolute atomic E-state index is 12.5. The van der Waals surface area contributed by atoms with Gasteiger partial charge in [0.2, 0.25) is 0 Å². The van der Waals surface area contributed by atoms with Crippen LogP contribution in [0.1, 0.15) is 31.9 Å². The minimum absolute atomic E-state index is 0.00460. The molecule has 2 rings (SSSR count). The van der Waals surface area contributed by atoms with Gasteiger partial charge in [-0.05, 0) is 44.0 Å². The van der Waals surface area contributed by atoms with Gasteiger partial charge in [-0.25, -0.2) is 9.59 Å². The molecule has 0 fully saturated rings. The van der Waals surface area contributed by atoms with Crippen molar-refractivity contribution in [1.82, 2.24) is 5.32 Å². The maximum Gasteiger partial charge on any atom is 0.408 e. The number of hydrogen-bond donors (Lipinski definition) is 3. The highest BCUT2D eigenvalue weighted by atomic mass is 16.6. The highest BCUT2D eigenvalue weighted by Gasteiger charge is 2.31. The molecule has 0 unspecified atom stereocenters. The van der Waals surface area contributed by atoms with E-state index in [9.17, 15) is 24.6 Å². The molecule has 30 heavy (non-hydrogen) atoms. The van der Waals surface area contributed by atoms with E-state index in [2.05, 4.69) is 5.32 Å². The molecule has 160 valence electrons. The third kappa shape index (κ3) is 6.80. The summed E-state index contributed by atoms with van der Waals surface area (Å²) in [7, 11) is 0. The molecule has 0 bridgehead atoms. The summed E-state index contributed by atoms with van der Waals surface area (Å²) in [4.78, 5) is 36.8. The molecule has 3 N–H and O–H groups in total. The lowest BCUT2D eigenvalue weighted by atomic mass is 9.97. The highest BCUT2D eigenvalue weighted by molar-refractivity contribution is 5.92. The summed E-state index contributed by atoms with van der Waals surface area (Å²) < 4.78 is 10.0. The zero-order chi connectivity index (χ0) is 22.3. The zero-order valence-electron chi connectivity index (χ0n) is 17.0. The van der Waals surface area contributed by atoms with Crippen LogP contribution in [0.4, 0.5) is 4.79 Å². The van der Waals surface area contributed by atoms with Crippen LogP contribution in [0.2, 0.25) is 0 Å². The normalized spacial score (nSPS) is 12.0. The smallest absolute Gasteiger partial charge is 0.408 e. The Morgan fingerprint density at radius 1 is 0.967 bits per heavy atom. The van der Waals surface area contributed by atoms with Crippen LogP contribution in [0.5, 0.6) is 11.5 Å². The first-order valence-electron chi connectivity index (χ1n) is 9.30. The van der Waals surface area contributed by atoms with Crippen molar-refractivity contribution in [1.29, 1.82) is 0 Å². The molecule has 8 heteroatoms. The number of rotatable bonds is 6. The summed E-state index contributed by atoms with van der Waals surface area (Å²) in [6.07, 6.45) is -0.961. The zero-order valence-corrected chi connectivity index (χ0v) is 17.0. The fourth-order valence-corrected chi connectivity index (χ4v) is 2.35. The van der Waals surface area contributed by atoms with Crippen molar-refractivity contribution in [3.05, 3.63) is 59.7 Å². The monoisotopic (exact) mass is 415 g/mol. The molecule has 0 aliphatic carbocycles. The van der Waals surface area contributed by atoms with Gasteiger partial charge in [-0.1, -0.05) is 36.4 Å². The van der Waals surface area contributed by atoms with E-state index in [4.69, 9.17) is 9.47 Å². The molecule has 0 saturated heterocycles. The van der Waals surface area contributed by atoms with E-state index < -0.39 is 29.5 Å². The highest BCUT2D eigenvalue weighted by Crippen LogP contribution is 2.25. The number of ether oxygens (including phenoxy) is 2. The Bertz CT molecular complexity index is 903. The van der Waals surface area contributed by atoms with Gasteiger partial charge in [0.15, 0.2) is 11.5 Å². The third-order valence-corrected chi connectivity index (χ3v) is 4.07. The van der Waals surface area contributed by atoms with Crippen LogP contribution in [-0.4, -0.2) is 34.3 Å². The molecule has 8 nitrogen and oxygen atoms in total. The largest absolute Gasteiger partial charge is 0.504 e. The lowest BCUT2D eigenvalue weighted by Gasteiger charge is -2.20. The van der Waals surface area contributed by atoms with Crippen molar-refractivity contribution in [3.8, 4) is 11.5 Å². The molecule has 0 saturated carbocycles. The number of carbonyl (C=O) groups excluding carboxylic acids is 3. The molecule has 0 spiro atoms. The Hall–Kier alpha value is -3.55. The van der Waals surface area contributed by atoms with E-state index in [-0.39, 0.29) is 24.5 Å². The number of phenols is 2. The van der Waals surface area contributed by atoms with E-state index in [1.54, 1.807) is 45.0 Å². The number of aromatic hydroxyl groups is 2. The van der Waals surface area contributed by atoms with Crippen molar-refractivity contribution in [2.45, 2.75) is 39.8 Å². The molecular formula is C22H25NO7. The number of nitrogens with one attached hydrogen (secondary N) is 1. The Morgan fingerprint density at radius 3 is 2.23 bits per heavy atom. The van der Waals surface area contributed by atoms with E-state index in [0.717, 1.165) is 5.56 Å². The molecule has 0 aliphatic rings. The van der Waals surface area contributed by atoms with E-state index >= 15 is 0 Å². The second-order valence-corrected chi connectivity index (χ2v) is 7.74. The number of carbonyl (C=O) groups is 3. The lowest BCUT2D eigenvalue weighted by molar-refractivity contribution is -0.166. The lowest BCUT2D eigenvalue weighted by Crippen LogP contribution is -2.45. The summed E-state index contributed by atoms with van der Waals surface area (Å²) in [5.41, 5.74) is 0.280. The van der Waals surface area contributed by atoms with Crippen LogP contribution in [0.25, 0.3) is 0 Å². The van der Waals surface area contributed by atoms with Crippen molar-refractivity contribution in [3.63, 3.8) is 0 Å². The quantitative estimate of drug-likeness (QED) is 0.376. The predicted octanol–water partition coefficient (Wildman–Crippen LogP) is 3.05. The standard InChI is InChI=1S/C22H25NO7/c1-22(2,3)20(27)30-19(26)16(11-15-9-10-17(24)18(25)12-15)23-21(28)29-13-14-7-5-4-6-8-14/h4-10,12,16,24-25H,11,13H2,1-3H3,(H,23,28)/t16-/m0/s1. The average molecular weight is 415 g/mol. The van der Waals surface area contributed by atoms with Crippen molar-refractivity contribution in [2.24, 2.45) is 5.41 Å². The molecule has 2 aromatic rings. The number of esters is 2. The van der Waals surface area contributed by atoms with Gasteiger partial charge in [0.25, 0.3) is 0 Å². The Labute approximate surface area is 174 Å². The first-order chi connectivity index (χ1) is 14.1. The first kappa shape index (κ1) is 22.7. The predicted molar refractivity (Wildman–Crippen MR) is 108 cm³/mol. The van der Waals surface area contributed by atoms with Crippen molar-refractivity contribution < 1.29 is 34.1 Å². The van der Waals surface area contributed by atoms with Gasteiger partial charge in [-0.2, -0.15) is 0 Å². The van der Waals surface area contributed by atoms with Gasteiger partial charge >= 0.3 is 18.0 Å². The number of benzene rings is 2. The molecule has 1 atom stereocenters. The van der Waals surface area contributed by atoms with Crippen LogP contribution in [0, 0.1) is 5.41 Å². The number of alkyl carbamates (subject to hydrolysis) is 1. The Balaban J connectivity index is 2.10. The van der Waals surface area contributed by atoms with Crippen LogP contribution in [-0.2, 0) is 32.1 Å². The topological polar surface area (TPSA) is 122 Å². The SMILES string of the molecule is CC(C)(C)C(=O)OC(=O)[C@H](Cc1ccc(O)c(O)c1)NC(=O)OCc1ccccc1. The molecule has 0 aliphatic heterocycles. The summed E-state index contributed by atoms with van der Waals surface area (Å²) in [6.45, 7) is 4.78. The molecule has 1 amide bonds. The molecule has 2 aromatic carbocycles. The summed E-state index contributed by atoms with van der Waals surface area (Å²) in [5, 5.41) is 21.5. The molecular weight excluding hydrogens is 390 g/mol. The van der Waals surface area contributed by atoms with Crippen LogP contribution >= 0.6 is 0 Å². The molecule has 0 aromatic heterocycles. The van der Waals surface area contributed by atoms with Gasteiger partial charge in [-0.3, -0.25) is 4.79 Å². The minimum Gasteiger partial charge on any atom is -0.504 e. The first-order valence-corrected chi connectivity index (χ1v) is 9.30. The van der Waals surface area contributed by atoms with Gasteiger partial charge < -0.3 is 25.0 Å². The van der Waals surface area contributed by atoms with Crippen LogP contribution in [0.3, 0.4) is 0 Å². The molecule has 0 radical (unpaired) electrons.